The number of benzene rings is 1. The van der Waals surface area contributed by atoms with Crippen LogP contribution in [0, 0.1) is 0 Å². The fourth-order valence-corrected chi connectivity index (χ4v) is 4.52. The molecule has 1 aromatic rings. The Balaban J connectivity index is 2.61. The van der Waals surface area contributed by atoms with E-state index in [9.17, 15) is 0 Å². The Morgan fingerprint density at radius 3 is 2.44 bits per heavy atom. The molecule has 0 saturated carbocycles. The van der Waals surface area contributed by atoms with E-state index in [1.807, 2.05) is 0 Å². The Morgan fingerprint density at radius 2 is 1.89 bits per heavy atom. The molecule has 0 fully saturated rings. The van der Waals surface area contributed by atoms with Crippen molar-refractivity contribution in [3.8, 4) is 0 Å². The molecule has 45 valence electrons. The molecule has 1 rings (SSSR count). The Bertz CT molecular complexity index is 162. The average molecular weight is 300 g/mol. The Morgan fingerprint density at radius 1 is 1.22 bits per heavy atom. The molecule has 0 aliphatic heterocycles. The van der Waals surface area contributed by atoms with E-state index in [1.165, 1.54) is 29.6 Å². The summed E-state index contributed by atoms with van der Waals surface area (Å²) in [6.07, 6.45) is 0. The summed E-state index contributed by atoms with van der Waals surface area (Å²) in [6, 6.07) is 12.2. The quantitative estimate of drug-likeness (QED) is 0.709. The zero-order valence-electron chi connectivity index (χ0n) is 5.30. The minimum atomic E-state index is 0.355. The van der Waals surface area contributed by atoms with Crippen LogP contribution in [0.1, 0.15) is 5.56 Å². The van der Waals surface area contributed by atoms with Gasteiger partial charge in [0.15, 0.2) is 0 Å². The number of hydrogen-bond acceptors (Lipinski definition) is 0. The van der Waals surface area contributed by atoms with Gasteiger partial charge in [0.2, 0.25) is 0 Å². The summed E-state index contributed by atoms with van der Waals surface area (Å²) in [5, 5.41) is 0. The van der Waals surface area contributed by atoms with Gasteiger partial charge in [-0.15, -0.1) is 0 Å². The molecule has 0 heterocycles. The molecule has 0 spiro atoms. The first kappa shape index (κ1) is 7.41. The molecule has 0 N–H and O–H groups in total. The first-order valence-corrected chi connectivity index (χ1v) is 12.4. The predicted molar refractivity (Wildman–Crippen MR) is 38.7 cm³/mol. The predicted octanol–water partition coefficient (Wildman–Crippen LogP) is 0.817. The molecule has 0 unspecified atom stereocenters. The third kappa shape index (κ3) is 2.58. The minimum absolute atomic E-state index is 0.355. The van der Waals surface area contributed by atoms with Crippen molar-refractivity contribution in [2.75, 3.05) is 0 Å². The van der Waals surface area contributed by atoms with Crippen molar-refractivity contribution in [1.29, 1.82) is 0 Å². The van der Waals surface area contributed by atoms with Crippen LogP contribution in [-0.2, 0) is 29.6 Å². The van der Waals surface area contributed by atoms with Crippen LogP contribution in [0.15, 0.2) is 30.3 Å². The second kappa shape index (κ2) is 4.18. The van der Waals surface area contributed by atoms with E-state index in [2.05, 4.69) is 30.3 Å². The van der Waals surface area contributed by atoms with Crippen LogP contribution >= 0.6 is 0 Å². The van der Waals surface area contributed by atoms with Gasteiger partial charge in [-0.3, -0.25) is 0 Å². The molecular weight excluding hydrogens is 291 g/mol. The topological polar surface area (TPSA) is 0 Å². The Kier molecular flexibility index (Phi) is 3.44. The maximum absolute atomic E-state index is 2.23. The van der Waals surface area contributed by atoms with E-state index in [-0.39, 0.29) is 0 Å². The van der Waals surface area contributed by atoms with E-state index in [0.717, 1.165) is 0 Å². The van der Waals surface area contributed by atoms with Gasteiger partial charge in [-0.25, -0.2) is 0 Å². The van der Waals surface area contributed by atoms with E-state index in [1.54, 1.807) is 5.56 Å². The van der Waals surface area contributed by atoms with Gasteiger partial charge in [-0.05, 0) is 0 Å². The monoisotopic (exact) mass is 301 g/mol. The summed E-state index contributed by atoms with van der Waals surface area (Å²) in [7, 11) is 0. The first-order valence-electron chi connectivity index (χ1n) is 3.12. The summed E-state index contributed by atoms with van der Waals surface area (Å²) < 4.78 is 0. The summed E-state index contributed by atoms with van der Waals surface area (Å²) in [6.45, 7) is 0.355. The van der Waals surface area contributed by atoms with Gasteiger partial charge in [0.05, 0.1) is 0 Å². The van der Waals surface area contributed by atoms with Crippen LogP contribution in [0.3, 0.4) is 0 Å². The van der Waals surface area contributed by atoms with Gasteiger partial charge >= 0.3 is 72.2 Å². The van der Waals surface area contributed by atoms with Gasteiger partial charge < -0.3 is 0 Å². The molecule has 0 radical (unpaired) electrons. The van der Waals surface area contributed by atoms with Crippen LogP contribution < -0.4 is 0 Å². The number of rotatable bonds is 2. The molecule has 1 aromatic carbocycles. The van der Waals surface area contributed by atoms with Crippen molar-refractivity contribution >= 4 is 6.71 Å². The fourth-order valence-electron chi connectivity index (χ4n) is 0.789. The third-order valence-electron chi connectivity index (χ3n) is 1.26. The van der Waals surface area contributed by atoms with Crippen LogP contribution in [0.5, 0.6) is 0 Å². The van der Waals surface area contributed by atoms with Gasteiger partial charge in [0.25, 0.3) is 0 Å². The van der Waals surface area contributed by atoms with Gasteiger partial charge in [0, 0.05) is 0 Å². The summed E-state index contributed by atoms with van der Waals surface area (Å²) >= 11 is 1.46. The second-order valence-corrected chi connectivity index (χ2v) is 8.37. The van der Waals surface area contributed by atoms with Crippen molar-refractivity contribution in [3.63, 3.8) is 0 Å². The SMILES string of the molecule is [Hf][SiH2]Cc1ccccc1. The Hall–Kier alpha value is 0.307. The molecule has 0 aliphatic rings. The van der Waals surface area contributed by atoms with Crippen LogP contribution in [0.2, 0.25) is 0 Å². The normalized spacial score (nSPS) is 10.6. The molecule has 0 aliphatic carbocycles. The van der Waals surface area contributed by atoms with Crippen molar-refractivity contribution in [2.24, 2.45) is 0 Å². The van der Waals surface area contributed by atoms with Gasteiger partial charge in [0.1, 0.15) is 0 Å². The molecule has 0 nitrogen and oxygen atoms in total. The molecule has 0 saturated heterocycles. The zero-order valence-corrected chi connectivity index (χ0v) is 10.3. The zero-order chi connectivity index (χ0) is 6.53. The summed E-state index contributed by atoms with van der Waals surface area (Å²) in [4.78, 5) is 0. The molecule has 9 heavy (non-hydrogen) atoms. The molecule has 0 amide bonds. The van der Waals surface area contributed by atoms with E-state index in [4.69, 9.17) is 0 Å². The number of hydrogen-bond donors (Lipinski definition) is 0. The standard InChI is InChI=1S/C7H9Si.Hf/c8-6-7-4-2-1-3-5-7;/h1-5H,6,8H2;. The average Bonchev–Trinajstić information content (AvgIpc) is 1.91. The molecule has 2 heteroatoms. The maximum atomic E-state index is 2.23. The third-order valence-corrected chi connectivity index (χ3v) is 4.78. The van der Waals surface area contributed by atoms with E-state index < -0.39 is 0 Å². The Labute approximate surface area is 72.0 Å². The molecule has 0 bridgehead atoms. The molecule has 0 atom stereocenters. The summed E-state index contributed by atoms with van der Waals surface area (Å²) in [5.74, 6) is 0. The van der Waals surface area contributed by atoms with Gasteiger partial charge in [-0.2, -0.15) is 0 Å². The molecule has 0 aromatic heterocycles. The van der Waals surface area contributed by atoms with Crippen molar-refractivity contribution in [2.45, 2.75) is 6.04 Å². The summed E-state index contributed by atoms with van der Waals surface area (Å²) in [5.41, 5.74) is 1.54. The molecular formula is C7H9HfSi. The van der Waals surface area contributed by atoms with Crippen molar-refractivity contribution < 1.29 is 23.5 Å². The van der Waals surface area contributed by atoms with Crippen LogP contribution in [-0.4, -0.2) is 6.71 Å². The van der Waals surface area contributed by atoms with Crippen LogP contribution in [0.25, 0.3) is 0 Å². The fraction of sp³-hybridized carbons (Fsp3) is 0.143. The van der Waals surface area contributed by atoms with Crippen molar-refractivity contribution in [1.82, 2.24) is 0 Å². The first-order chi connectivity index (χ1) is 4.43. The second-order valence-electron chi connectivity index (χ2n) is 1.99. The van der Waals surface area contributed by atoms with Crippen molar-refractivity contribution in [3.05, 3.63) is 35.9 Å². The van der Waals surface area contributed by atoms with Crippen LogP contribution in [0.4, 0.5) is 0 Å². The van der Waals surface area contributed by atoms with Gasteiger partial charge in [-0.1, -0.05) is 0 Å². The van der Waals surface area contributed by atoms with E-state index >= 15 is 0 Å². The van der Waals surface area contributed by atoms with E-state index in [0.29, 0.717) is 6.71 Å².